The highest BCUT2D eigenvalue weighted by Gasteiger charge is 2.36. The molecule has 0 spiro atoms. The third kappa shape index (κ3) is 5.05. The van der Waals surface area contributed by atoms with Gasteiger partial charge in [0.2, 0.25) is 0 Å². The molecule has 7 nitrogen and oxygen atoms in total. The number of anilines is 1. The maximum absolute atomic E-state index is 11.9. The Balaban J connectivity index is 1.77. The first-order chi connectivity index (χ1) is 10.5. The Morgan fingerprint density at radius 3 is 2.64 bits per heavy atom. The van der Waals surface area contributed by atoms with Gasteiger partial charge in [0, 0.05) is 18.2 Å². The fourth-order valence-electron chi connectivity index (χ4n) is 2.37. The van der Waals surface area contributed by atoms with Gasteiger partial charge in [-0.3, -0.25) is 4.79 Å². The number of amides is 2. The van der Waals surface area contributed by atoms with E-state index in [0.29, 0.717) is 24.9 Å². The normalized spacial score (nSPS) is 21.2. The average Bonchev–Trinajstić information content (AvgIpc) is 2.48. The molecule has 0 aliphatic carbocycles. The number of nitrogens with one attached hydrogen (secondary N) is 2. The molecule has 2 amide bonds. The van der Waals surface area contributed by atoms with Crippen LogP contribution in [-0.4, -0.2) is 41.3 Å². The SMILES string of the molecule is O=C(O)CC[C@@H]1CC[C@H](NC(=O)Nc2ccccc2)B(O)O1. The summed E-state index contributed by atoms with van der Waals surface area (Å²) >= 11 is 0. The highest BCUT2D eigenvalue weighted by Crippen LogP contribution is 2.20. The summed E-state index contributed by atoms with van der Waals surface area (Å²) in [5, 5.41) is 23.9. The van der Waals surface area contributed by atoms with Crippen LogP contribution in [0.25, 0.3) is 0 Å². The predicted octanol–water partition coefficient (Wildman–Crippen LogP) is 1.24. The zero-order valence-corrected chi connectivity index (χ0v) is 12.1. The maximum atomic E-state index is 11.9. The first kappa shape index (κ1) is 16.3. The predicted molar refractivity (Wildman–Crippen MR) is 81.3 cm³/mol. The van der Waals surface area contributed by atoms with E-state index in [1.54, 1.807) is 24.3 Å². The standard InChI is InChI=1S/C14H19BN2O5/c18-13(19)9-7-11-6-8-12(15(21)22-11)17-14(20)16-10-4-2-1-3-5-10/h1-5,11-12,21H,6-9H2,(H,18,19)(H2,16,17,20)/t11-,12-/m0/s1. The minimum atomic E-state index is -1.13. The van der Waals surface area contributed by atoms with Crippen molar-refractivity contribution in [3.63, 3.8) is 0 Å². The summed E-state index contributed by atoms with van der Waals surface area (Å²) in [5.74, 6) is -1.40. The van der Waals surface area contributed by atoms with Crippen molar-refractivity contribution in [1.82, 2.24) is 5.32 Å². The Labute approximate surface area is 128 Å². The molecule has 1 saturated heterocycles. The van der Waals surface area contributed by atoms with Crippen molar-refractivity contribution in [2.45, 2.75) is 37.7 Å². The second-order valence-electron chi connectivity index (χ2n) is 5.23. The summed E-state index contributed by atoms with van der Waals surface area (Å²) in [7, 11) is -1.13. The molecule has 1 aromatic rings. The quantitative estimate of drug-likeness (QED) is 0.612. The van der Waals surface area contributed by atoms with Gasteiger partial charge >= 0.3 is 19.1 Å². The highest BCUT2D eigenvalue weighted by molar-refractivity contribution is 6.45. The van der Waals surface area contributed by atoms with Crippen molar-refractivity contribution in [2.24, 2.45) is 0 Å². The van der Waals surface area contributed by atoms with E-state index in [0.717, 1.165) is 0 Å². The fourth-order valence-corrected chi connectivity index (χ4v) is 2.37. The Kier molecular flexibility index (Phi) is 5.79. The van der Waals surface area contributed by atoms with E-state index < -0.39 is 25.1 Å². The van der Waals surface area contributed by atoms with E-state index in [4.69, 9.17) is 9.76 Å². The Bertz CT molecular complexity index is 513. The average molecular weight is 306 g/mol. The van der Waals surface area contributed by atoms with Crippen LogP contribution in [0, 0.1) is 0 Å². The number of carbonyl (C=O) groups is 2. The second kappa shape index (κ2) is 7.81. The fraction of sp³-hybridized carbons (Fsp3) is 0.429. The van der Waals surface area contributed by atoms with Crippen molar-refractivity contribution >= 4 is 24.8 Å². The molecule has 0 unspecified atom stereocenters. The van der Waals surface area contributed by atoms with Gasteiger partial charge in [-0.25, -0.2) is 4.79 Å². The molecule has 8 heteroatoms. The molecule has 1 aromatic carbocycles. The van der Waals surface area contributed by atoms with E-state index in [9.17, 15) is 14.6 Å². The third-order valence-electron chi connectivity index (χ3n) is 3.50. The van der Waals surface area contributed by atoms with Gasteiger partial charge in [0.15, 0.2) is 0 Å². The molecular formula is C14H19BN2O5. The Hall–Kier alpha value is -2.06. The van der Waals surface area contributed by atoms with Crippen LogP contribution in [0.15, 0.2) is 30.3 Å². The van der Waals surface area contributed by atoms with Crippen LogP contribution in [0.2, 0.25) is 0 Å². The van der Waals surface area contributed by atoms with Crippen molar-refractivity contribution in [3.05, 3.63) is 30.3 Å². The minimum Gasteiger partial charge on any atom is -0.481 e. The Morgan fingerprint density at radius 1 is 1.27 bits per heavy atom. The summed E-state index contributed by atoms with van der Waals surface area (Å²) in [6.45, 7) is 0. The first-order valence-electron chi connectivity index (χ1n) is 7.22. The number of carboxylic acid groups (broad SMARTS) is 1. The molecule has 1 aliphatic rings. The van der Waals surface area contributed by atoms with Crippen LogP contribution in [0.3, 0.4) is 0 Å². The summed E-state index contributed by atoms with van der Waals surface area (Å²) in [6.07, 6.45) is 1.20. The zero-order chi connectivity index (χ0) is 15.9. The molecule has 4 N–H and O–H groups in total. The minimum absolute atomic E-state index is 0.00394. The summed E-state index contributed by atoms with van der Waals surface area (Å²) in [5.41, 5.74) is 0.658. The van der Waals surface area contributed by atoms with Gasteiger partial charge < -0.3 is 25.4 Å². The van der Waals surface area contributed by atoms with Gasteiger partial charge in [-0.05, 0) is 31.4 Å². The largest absolute Gasteiger partial charge is 0.481 e. The van der Waals surface area contributed by atoms with Crippen molar-refractivity contribution in [2.75, 3.05) is 5.32 Å². The number of carbonyl (C=O) groups excluding carboxylic acids is 1. The van der Waals surface area contributed by atoms with Crippen molar-refractivity contribution in [1.29, 1.82) is 0 Å². The molecule has 1 heterocycles. The van der Waals surface area contributed by atoms with Crippen LogP contribution >= 0.6 is 0 Å². The maximum Gasteiger partial charge on any atom is 0.478 e. The summed E-state index contributed by atoms with van der Waals surface area (Å²) in [4.78, 5) is 22.4. The molecule has 1 fully saturated rings. The van der Waals surface area contributed by atoms with Crippen LogP contribution in [-0.2, 0) is 9.45 Å². The van der Waals surface area contributed by atoms with E-state index in [2.05, 4.69) is 10.6 Å². The van der Waals surface area contributed by atoms with Crippen LogP contribution in [0.1, 0.15) is 25.7 Å². The zero-order valence-electron chi connectivity index (χ0n) is 12.1. The molecular weight excluding hydrogens is 287 g/mol. The number of hydrogen-bond donors (Lipinski definition) is 4. The highest BCUT2D eigenvalue weighted by atomic mass is 16.5. The van der Waals surface area contributed by atoms with Crippen LogP contribution < -0.4 is 10.6 Å². The van der Waals surface area contributed by atoms with Crippen molar-refractivity contribution in [3.8, 4) is 0 Å². The number of rotatable bonds is 5. The monoisotopic (exact) mass is 306 g/mol. The molecule has 0 aromatic heterocycles. The molecule has 2 atom stereocenters. The van der Waals surface area contributed by atoms with E-state index in [1.165, 1.54) is 0 Å². The lowest BCUT2D eigenvalue weighted by Crippen LogP contribution is -2.53. The molecule has 1 aliphatic heterocycles. The lowest BCUT2D eigenvalue weighted by Gasteiger charge is -2.31. The van der Waals surface area contributed by atoms with Gasteiger partial charge in [0.25, 0.3) is 0 Å². The Morgan fingerprint density at radius 2 is 2.00 bits per heavy atom. The number of aliphatic carboxylic acids is 1. The molecule has 0 radical (unpaired) electrons. The van der Waals surface area contributed by atoms with Gasteiger partial charge in [-0.15, -0.1) is 0 Å². The summed E-state index contributed by atoms with van der Waals surface area (Å²) < 4.78 is 5.35. The lowest BCUT2D eigenvalue weighted by atomic mass is 9.72. The molecule has 0 saturated carbocycles. The number of benzene rings is 1. The molecule has 22 heavy (non-hydrogen) atoms. The lowest BCUT2D eigenvalue weighted by molar-refractivity contribution is -0.137. The van der Waals surface area contributed by atoms with E-state index in [1.807, 2.05) is 6.07 Å². The van der Waals surface area contributed by atoms with E-state index in [-0.39, 0.29) is 12.5 Å². The van der Waals surface area contributed by atoms with Crippen LogP contribution in [0.4, 0.5) is 10.5 Å². The van der Waals surface area contributed by atoms with Gasteiger partial charge in [0.1, 0.15) is 0 Å². The molecule has 0 bridgehead atoms. The molecule has 118 valence electrons. The molecule has 2 rings (SSSR count). The first-order valence-corrected chi connectivity index (χ1v) is 7.22. The number of carboxylic acids is 1. The number of hydrogen-bond acceptors (Lipinski definition) is 4. The summed E-state index contributed by atoms with van der Waals surface area (Å²) in [6, 6.07) is 8.56. The van der Waals surface area contributed by atoms with Gasteiger partial charge in [-0.1, -0.05) is 18.2 Å². The van der Waals surface area contributed by atoms with E-state index >= 15 is 0 Å². The number of para-hydroxylation sites is 1. The van der Waals surface area contributed by atoms with Gasteiger partial charge in [0.05, 0.1) is 5.94 Å². The third-order valence-corrected chi connectivity index (χ3v) is 3.50. The smallest absolute Gasteiger partial charge is 0.478 e. The second-order valence-corrected chi connectivity index (χ2v) is 5.23. The van der Waals surface area contributed by atoms with Crippen molar-refractivity contribution < 1.29 is 24.4 Å². The topological polar surface area (TPSA) is 108 Å². The van der Waals surface area contributed by atoms with Gasteiger partial charge in [-0.2, -0.15) is 0 Å². The number of urea groups is 1. The van der Waals surface area contributed by atoms with Crippen LogP contribution in [0.5, 0.6) is 0 Å².